The summed E-state index contributed by atoms with van der Waals surface area (Å²) in [5, 5.41) is 21.4. The summed E-state index contributed by atoms with van der Waals surface area (Å²) >= 11 is 1.03. The van der Waals surface area contributed by atoms with Crippen LogP contribution in [0.4, 0.5) is 0 Å². The van der Waals surface area contributed by atoms with Crippen LogP contribution in [-0.4, -0.2) is 90.4 Å². The molecule has 190 valence electrons. The van der Waals surface area contributed by atoms with Crippen molar-refractivity contribution in [3.63, 3.8) is 0 Å². The minimum atomic E-state index is -3.77. The Kier molecular flexibility index (Phi) is 8.36. The van der Waals surface area contributed by atoms with E-state index in [1.54, 1.807) is 0 Å². The van der Waals surface area contributed by atoms with Crippen LogP contribution < -0.4 is 5.56 Å². The molecule has 3 rings (SSSR count). The molecule has 1 saturated heterocycles. The first kappa shape index (κ1) is 27.0. The van der Waals surface area contributed by atoms with Crippen molar-refractivity contribution in [1.29, 1.82) is 0 Å². The molecular formula is C19H30N5O8PS. The molecule has 0 radical (unpaired) electrons. The van der Waals surface area contributed by atoms with Gasteiger partial charge in [0.25, 0.3) is 5.56 Å². The average molecular weight is 520 g/mol. The van der Waals surface area contributed by atoms with E-state index >= 15 is 0 Å². The number of aromatic amines is 1. The zero-order valence-corrected chi connectivity index (χ0v) is 21.3. The van der Waals surface area contributed by atoms with Gasteiger partial charge < -0.3 is 19.9 Å². The molecule has 2 aromatic rings. The van der Waals surface area contributed by atoms with Crippen molar-refractivity contribution >= 4 is 35.8 Å². The second kappa shape index (κ2) is 10.5. The Morgan fingerprint density at radius 3 is 2.74 bits per heavy atom. The van der Waals surface area contributed by atoms with Crippen molar-refractivity contribution < 1.29 is 33.4 Å². The number of rotatable bonds is 10. The highest BCUT2D eigenvalue weighted by molar-refractivity contribution is 8.13. The number of hydrogen-bond donors (Lipinski definition) is 3. The van der Waals surface area contributed by atoms with Gasteiger partial charge in [-0.25, -0.2) is 19.2 Å². The molecule has 13 nitrogen and oxygen atoms in total. The third kappa shape index (κ3) is 5.44. The third-order valence-electron chi connectivity index (χ3n) is 5.37. The van der Waals surface area contributed by atoms with Crippen LogP contribution in [0.3, 0.4) is 0 Å². The fourth-order valence-corrected chi connectivity index (χ4v) is 5.27. The van der Waals surface area contributed by atoms with E-state index in [2.05, 4.69) is 15.0 Å². The Balaban J connectivity index is 1.78. The summed E-state index contributed by atoms with van der Waals surface area (Å²) in [6.45, 7) is 4.38. The molecule has 15 heteroatoms. The number of H-pyrrole nitrogens is 1. The van der Waals surface area contributed by atoms with E-state index in [0.717, 1.165) is 11.8 Å². The van der Waals surface area contributed by atoms with Crippen molar-refractivity contribution in [2.45, 2.75) is 51.2 Å². The smallest absolute Gasteiger partial charge is 0.387 e. The summed E-state index contributed by atoms with van der Waals surface area (Å²) in [4.78, 5) is 34.4. The third-order valence-corrected chi connectivity index (χ3v) is 8.09. The van der Waals surface area contributed by atoms with Crippen molar-refractivity contribution in [3.05, 3.63) is 22.5 Å². The van der Waals surface area contributed by atoms with Gasteiger partial charge in [0.2, 0.25) is 0 Å². The van der Waals surface area contributed by atoms with Gasteiger partial charge in [0, 0.05) is 19.1 Å². The molecule has 0 amide bonds. The predicted octanol–water partition coefficient (Wildman–Crippen LogP) is 0.674. The van der Waals surface area contributed by atoms with E-state index in [0.29, 0.717) is 18.0 Å². The molecule has 0 bridgehead atoms. The molecule has 2 unspecified atom stereocenters. The van der Waals surface area contributed by atoms with E-state index in [-0.39, 0.29) is 29.5 Å². The number of fused-ring (bicyclic) bond motifs is 1. The first-order valence-corrected chi connectivity index (χ1v) is 13.1. The van der Waals surface area contributed by atoms with Crippen LogP contribution in [0.5, 0.6) is 0 Å². The second-order valence-electron chi connectivity index (χ2n) is 8.21. The Morgan fingerprint density at radius 1 is 1.41 bits per heavy atom. The number of aliphatic hydroxyl groups is 2. The van der Waals surface area contributed by atoms with Crippen LogP contribution in [0.1, 0.15) is 32.8 Å². The molecular weight excluding hydrogens is 489 g/mol. The topological polar surface area (TPSA) is 169 Å². The maximum atomic E-state index is 13.2. The lowest BCUT2D eigenvalue weighted by atomic mass is 9.99. The Labute approximate surface area is 200 Å². The zero-order chi connectivity index (χ0) is 25.3. The fraction of sp³-hybridized carbons (Fsp3) is 0.684. The van der Waals surface area contributed by atoms with E-state index in [4.69, 9.17) is 13.8 Å². The number of carbonyl (C=O) groups excluding carboxylic acids is 1. The molecule has 3 N–H and O–H groups in total. The van der Waals surface area contributed by atoms with Gasteiger partial charge in [-0.3, -0.25) is 23.2 Å². The average Bonchev–Trinajstić information content (AvgIpc) is 3.30. The zero-order valence-electron chi connectivity index (χ0n) is 19.6. The number of aromatic nitrogens is 4. The number of nitrogens with one attached hydrogen (secondary N) is 1. The minimum Gasteiger partial charge on any atom is -0.387 e. The molecule has 1 aliphatic heterocycles. The summed E-state index contributed by atoms with van der Waals surface area (Å²) in [7, 11) is -0.748. The minimum absolute atomic E-state index is 0.00603. The van der Waals surface area contributed by atoms with Crippen LogP contribution in [-0.2, 0) is 29.6 Å². The molecule has 1 aliphatic rings. The molecule has 0 saturated carbocycles. The van der Waals surface area contributed by atoms with Gasteiger partial charge in [-0.2, -0.15) is 0 Å². The first-order valence-electron chi connectivity index (χ1n) is 10.6. The largest absolute Gasteiger partial charge is 0.407 e. The van der Waals surface area contributed by atoms with Gasteiger partial charge in [0.1, 0.15) is 23.6 Å². The van der Waals surface area contributed by atoms with Gasteiger partial charge in [-0.15, -0.1) is 0 Å². The fourth-order valence-electron chi connectivity index (χ4n) is 3.41. The van der Waals surface area contributed by atoms with E-state index in [1.807, 2.05) is 6.92 Å². The summed E-state index contributed by atoms with van der Waals surface area (Å²) < 4.78 is 32.8. The number of carbonyl (C=O) groups is 1. The summed E-state index contributed by atoms with van der Waals surface area (Å²) in [6, 6.07) is 0. The van der Waals surface area contributed by atoms with Gasteiger partial charge in [0.05, 0.1) is 19.5 Å². The maximum Gasteiger partial charge on any atom is 0.407 e. The lowest BCUT2D eigenvalue weighted by Crippen LogP contribution is -2.44. The van der Waals surface area contributed by atoms with Crippen LogP contribution in [0.2, 0.25) is 0 Å². The van der Waals surface area contributed by atoms with Crippen LogP contribution in [0.25, 0.3) is 11.2 Å². The second-order valence-corrected chi connectivity index (χ2v) is 11.7. The van der Waals surface area contributed by atoms with Gasteiger partial charge in [0.15, 0.2) is 22.5 Å². The molecule has 3 heterocycles. The highest BCUT2D eigenvalue weighted by Gasteiger charge is 2.53. The quantitative estimate of drug-likeness (QED) is 0.297. The molecule has 2 aromatic heterocycles. The number of thioether (sulfide) groups is 1. The Morgan fingerprint density at radius 2 is 2.12 bits per heavy atom. The lowest BCUT2D eigenvalue weighted by Gasteiger charge is -2.31. The van der Waals surface area contributed by atoms with E-state index in [9.17, 15) is 24.4 Å². The van der Waals surface area contributed by atoms with Crippen molar-refractivity contribution in [2.24, 2.45) is 0 Å². The predicted molar refractivity (Wildman–Crippen MR) is 124 cm³/mol. The van der Waals surface area contributed by atoms with E-state index in [1.165, 1.54) is 43.5 Å². The van der Waals surface area contributed by atoms with E-state index < -0.39 is 37.3 Å². The van der Waals surface area contributed by atoms with Crippen LogP contribution in [0, 0.1) is 0 Å². The van der Waals surface area contributed by atoms with Gasteiger partial charge in [-0.1, -0.05) is 18.7 Å². The SMILES string of the molecule is CCc1nc2c(ncn2[C@@H]2O[C@](C)(COP(=O)(OCCSC(C)=O)N(C)C)C(O)[C@@H]2O)c(=O)[nH]1. The Bertz CT molecular complexity index is 1140. The van der Waals surface area contributed by atoms with Crippen molar-refractivity contribution in [3.8, 4) is 0 Å². The highest BCUT2D eigenvalue weighted by atomic mass is 32.2. The monoisotopic (exact) mass is 519 g/mol. The normalized spacial score (nSPS) is 26.9. The number of nitrogens with zero attached hydrogens (tertiary/aromatic N) is 4. The molecule has 1 fully saturated rings. The molecule has 0 aromatic carbocycles. The van der Waals surface area contributed by atoms with Crippen LogP contribution >= 0.6 is 19.5 Å². The molecule has 34 heavy (non-hydrogen) atoms. The van der Waals surface area contributed by atoms with Crippen LogP contribution in [0.15, 0.2) is 11.1 Å². The highest BCUT2D eigenvalue weighted by Crippen LogP contribution is 2.52. The molecule has 0 spiro atoms. The van der Waals surface area contributed by atoms with Gasteiger partial charge >= 0.3 is 7.75 Å². The number of ether oxygens (including phenoxy) is 1. The molecule has 0 aliphatic carbocycles. The molecule has 5 atom stereocenters. The standard InChI is InChI=1S/C19H30N5O8PS/c1-6-12-21-16-13(17(28)22-12)20-10-24(16)18-14(26)15(27)19(3,32-18)9-31-33(29,23(4)5)30-7-8-34-11(2)25/h10,14-15,18,26-27H,6-9H2,1-5H3,(H,21,22,28)/t14-,15?,18+,19+,33?/m0/s1. The number of hydrogen-bond acceptors (Lipinski definition) is 11. The van der Waals surface area contributed by atoms with Crippen molar-refractivity contribution in [2.75, 3.05) is 33.1 Å². The number of aryl methyl sites for hydroxylation is 1. The van der Waals surface area contributed by atoms with Gasteiger partial charge in [-0.05, 0) is 21.0 Å². The summed E-state index contributed by atoms with van der Waals surface area (Å²) in [5.41, 5.74) is -1.63. The first-order chi connectivity index (χ1) is 15.9. The summed E-state index contributed by atoms with van der Waals surface area (Å²) in [6.07, 6.45) is -2.18. The Hall–Kier alpha value is -1.64. The summed E-state index contributed by atoms with van der Waals surface area (Å²) in [5.74, 6) is 0.734. The lowest BCUT2D eigenvalue weighted by molar-refractivity contribution is -0.113. The number of aliphatic hydroxyl groups excluding tert-OH is 2. The number of imidazole rings is 1. The van der Waals surface area contributed by atoms with Crippen molar-refractivity contribution in [1.82, 2.24) is 24.2 Å². The maximum absolute atomic E-state index is 13.2.